The van der Waals surface area contributed by atoms with Crippen LogP contribution in [-0.2, 0) is 11.8 Å². The first kappa shape index (κ1) is 14.8. The highest BCUT2D eigenvalue weighted by molar-refractivity contribution is 5.68. The van der Waals surface area contributed by atoms with Crippen LogP contribution in [0.2, 0.25) is 0 Å². The van der Waals surface area contributed by atoms with Crippen molar-refractivity contribution in [1.29, 1.82) is 0 Å². The van der Waals surface area contributed by atoms with Crippen molar-refractivity contribution in [3.05, 3.63) is 11.9 Å². The van der Waals surface area contributed by atoms with Crippen LogP contribution in [0.4, 0.5) is 4.79 Å². The second-order valence-corrected chi connectivity index (χ2v) is 6.28. The zero-order chi connectivity index (χ0) is 14.9. The summed E-state index contributed by atoms with van der Waals surface area (Å²) < 4.78 is 7.06. The van der Waals surface area contributed by atoms with E-state index < -0.39 is 5.60 Å². The van der Waals surface area contributed by atoms with E-state index in [1.165, 1.54) is 0 Å². The molecule has 7 heteroatoms. The summed E-state index contributed by atoms with van der Waals surface area (Å²) in [6.45, 7) is 6.89. The molecule has 0 aromatic carbocycles. The van der Waals surface area contributed by atoms with Crippen LogP contribution in [0.25, 0.3) is 0 Å². The number of nitrogens with zero attached hydrogens (tertiary/aromatic N) is 4. The first-order valence-corrected chi connectivity index (χ1v) is 6.86. The third kappa shape index (κ3) is 3.27. The minimum absolute atomic E-state index is 0.164. The van der Waals surface area contributed by atoms with E-state index in [1.807, 2.05) is 27.8 Å². The molecular weight excluding hydrogens is 258 g/mol. The number of aryl methyl sites for hydroxylation is 1. The van der Waals surface area contributed by atoms with Gasteiger partial charge in [0.2, 0.25) is 0 Å². The Balaban J connectivity index is 1.95. The third-order valence-corrected chi connectivity index (χ3v) is 3.48. The molecular formula is C13H23N5O2. The highest BCUT2D eigenvalue weighted by atomic mass is 16.6. The van der Waals surface area contributed by atoms with Gasteiger partial charge >= 0.3 is 6.09 Å². The molecule has 1 aliphatic rings. The van der Waals surface area contributed by atoms with Crippen LogP contribution in [0.15, 0.2) is 6.20 Å². The van der Waals surface area contributed by atoms with Crippen LogP contribution in [0.5, 0.6) is 0 Å². The van der Waals surface area contributed by atoms with E-state index in [4.69, 9.17) is 10.5 Å². The number of hydrogen-bond acceptors (Lipinski definition) is 5. The number of rotatable bonds is 2. The topological polar surface area (TPSA) is 86.3 Å². The van der Waals surface area contributed by atoms with E-state index in [9.17, 15) is 4.79 Å². The molecule has 1 fully saturated rings. The van der Waals surface area contributed by atoms with Crippen LogP contribution in [0, 0.1) is 5.92 Å². The van der Waals surface area contributed by atoms with E-state index in [0.29, 0.717) is 13.1 Å². The molecule has 0 spiro atoms. The number of carbonyl (C=O) groups excluding carboxylic acids is 1. The quantitative estimate of drug-likeness (QED) is 0.876. The van der Waals surface area contributed by atoms with E-state index in [2.05, 4.69) is 10.3 Å². The lowest BCUT2D eigenvalue weighted by molar-refractivity contribution is 0.0286. The molecule has 112 valence electrons. The van der Waals surface area contributed by atoms with Crippen molar-refractivity contribution < 1.29 is 9.53 Å². The molecule has 2 N–H and O–H groups in total. The summed E-state index contributed by atoms with van der Waals surface area (Å²) in [6.07, 6.45) is 2.28. The van der Waals surface area contributed by atoms with E-state index in [1.54, 1.807) is 15.8 Å². The molecule has 0 aliphatic carbocycles. The lowest BCUT2D eigenvalue weighted by Crippen LogP contribution is -2.36. The van der Waals surface area contributed by atoms with Crippen LogP contribution >= 0.6 is 0 Å². The molecule has 1 aromatic rings. The van der Waals surface area contributed by atoms with Crippen molar-refractivity contribution in [3.63, 3.8) is 0 Å². The minimum Gasteiger partial charge on any atom is -0.444 e. The van der Waals surface area contributed by atoms with Gasteiger partial charge < -0.3 is 15.4 Å². The summed E-state index contributed by atoms with van der Waals surface area (Å²) in [7, 11) is 1.82. The smallest absolute Gasteiger partial charge is 0.410 e. The zero-order valence-electron chi connectivity index (χ0n) is 12.5. The van der Waals surface area contributed by atoms with Gasteiger partial charge in [0.05, 0.1) is 17.9 Å². The van der Waals surface area contributed by atoms with Gasteiger partial charge in [-0.2, -0.15) is 0 Å². The van der Waals surface area contributed by atoms with Crippen molar-refractivity contribution in [2.45, 2.75) is 38.8 Å². The highest BCUT2D eigenvalue weighted by Gasteiger charge is 2.34. The second-order valence-electron chi connectivity index (χ2n) is 6.28. The Morgan fingerprint density at radius 2 is 2.25 bits per heavy atom. The van der Waals surface area contributed by atoms with E-state index in [0.717, 1.165) is 12.1 Å². The molecule has 1 saturated heterocycles. The van der Waals surface area contributed by atoms with Gasteiger partial charge in [-0.1, -0.05) is 5.21 Å². The summed E-state index contributed by atoms with van der Waals surface area (Å²) in [6, 6.07) is -0.164. The van der Waals surface area contributed by atoms with Gasteiger partial charge in [-0.25, -0.2) is 4.79 Å². The van der Waals surface area contributed by atoms with Crippen LogP contribution in [-0.4, -0.2) is 44.7 Å². The van der Waals surface area contributed by atoms with Crippen molar-refractivity contribution >= 4 is 6.09 Å². The molecule has 20 heavy (non-hydrogen) atoms. The van der Waals surface area contributed by atoms with Crippen molar-refractivity contribution in [2.75, 3.05) is 13.1 Å². The fraction of sp³-hybridized carbons (Fsp3) is 0.769. The maximum atomic E-state index is 12.0. The third-order valence-electron chi connectivity index (χ3n) is 3.48. The number of aromatic nitrogens is 3. The Labute approximate surface area is 119 Å². The molecule has 1 aromatic heterocycles. The molecule has 2 unspecified atom stereocenters. The van der Waals surface area contributed by atoms with Crippen LogP contribution in [0.3, 0.4) is 0 Å². The molecule has 2 heterocycles. The van der Waals surface area contributed by atoms with Crippen molar-refractivity contribution in [1.82, 2.24) is 19.9 Å². The minimum atomic E-state index is -0.469. The van der Waals surface area contributed by atoms with Crippen molar-refractivity contribution in [2.24, 2.45) is 18.7 Å². The monoisotopic (exact) mass is 281 g/mol. The number of nitrogens with two attached hydrogens (primary N) is 1. The molecule has 0 bridgehead atoms. The van der Waals surface area contributed by atoms with Gasteiger partial charge in [-0.3, -0.25) is 4.68 Å². The summed E-state index contributed by atoms with van der Waals surface area (Å²) in [5, 5.41) is 7.74. The summed E-state index contributed by atoms with van der Waals surface area (Å²) in [4.78, 5) is 13.7. The normalized spacial score (nSPS) is 21.1. The molecule has 2 atom stereocenters. The Bertz CT molecular complexity index is 479. The number of hydrogen-bond donors (Lipinski definition) is 1. The van der Waals surface area contributed by atoms with Gasteiger partial charge in [-0.05, 0) is 33.1 Å². The lowest BCUT2D eigenvalue weighted by atomic mass is 9.97. The standard InChI is InChI=1S/C13H23N5O2/c1-13(2,3)20-12(19)18-6-5-9(8-18)11(14)10-7-15-16-17(10)4/h7,9,11H,5-6,8,14H2,1-4H3. The average molecular weight is 281 g/mol. The van der Waals surface area contributed by atoms with E-state index >= 15 is 0 Å². The molecule has 7 nitrogen and oxygen atoms in total. The maximum Gasteiger partial charge on any atom is 0.410 e. The fourth-order valence-corrected chi connectivity index (χ4v) is 2.41. The Hall–Kier alpha value is -1.63. The van der Waals surface area contributed by atoms with Gasteiger partial charge in [0.25, 0.3) is 0 Å². The second kappa shape index (κ2) is 5.40. The highest BCUT2D eigenvalue weighted by Crippen LogP contribution is 2.28. The Morgan fingerprint density at radius 3 is 2.80 bits per heavy atom. The first-order valence-electron chi connectivity index (χ1n) is 6.86. The molecule has 1 aliphatic heterocycles. The van der Waals surface area contributed by atoms with Gasteiger partial charge in [0.1, 0.15) is 5.60 Å². The number of likely N-dealkylation sites (tertiary alicyclic amines) is 1. The summed E-state index contributed by atoms with van der Waals surface area (Å²) >= 11 is 0. The SMILES string of the molecule is Cn1nncc1C(N)C1CCN(C(=O)OC(C)(C)C)C1. The predicted octanol–water partition coefficient (Wildman–Crippen LogP) is 1.07. The van der Waals surface area contributed by atoms with Gasteiger partial charge in [0, 0.05) is 20.1 Å². The van der Waals surface area contributed by atoms with Crippen LogP contribution in [0.1, 0.15) is 38.9 Å². The van der Waals surface area contributed by atoms with Crippen LogP contribution < -0.4 is 5.73 Å². The number of amides is 1. The molecule has 0 saturated carbocycles. The summed E-state index contributed by atoms with van der Waals surface area (Å²) in [5.74, 6) is 0.208. The fourth-order valence-electron chi connectivity index (χ4n) is 2.41. The number of ether oxygens (including phenoxy) is 1. The van der Waals surface area contributed by atoms with Crippen molar-refractivity contribution in [3.8, 4) is 0 Å². The zero-order valence-corrected chi connectivity index (χ0v) is 12.5. The van der Waals surface area contributed by atoms with E-state index in [-0.39, 0.29) is 18.1 Å². The molecule has 0 radical (unpaired) electrons. The van der Waals surface area contributed by atoms with Gasteiger partial charge in [0.15, 0.2) is 0 Å². The Morgan fingerprint density at radius 1 is 1.55 bits per heavy atom. The lowest BCUT2D eigenvalue weighted by Gasteiger charge is -2.25. The molecule has 1 amide bonds. The predicted molar refractivity (Wildman–Crippen MR) is 73.8 cm³/mol. The average Bonchev–Trinajstić information content (AvgIpc) is 2.94. The largest absolute Gasteiger partial charge is 0.444 e. The first-order chi connectivity index (χ1) is 9.28. The molecule has 2 rings (SSSR count). The summed E-state index contributed by atoms with van der Waals surface area (Å²) in [5.41, 5.74) is 6.68. The van der Waals surface area contributed by atoms with Gasteiger partial charge in [-0.15, -0.1) is 5.10 Å². The number of carbonyl (C=O) groups is 1. The Kier molecular flexibility index (Phi) is 3.99. The maximum absolute atomic E-state index is 12.0.